The average molecular weight is 366 g/mol. The van der Waals surface area contributed by atoms with E-state index in [0.29, 0.717) is 25.1 Å². The second-order valence-corrected chi connectivity index (χ2v) is 7.57. The van der Waals surface area contributed by atoms with Gasteiger partial charge in [-0.1, -0.05) is 25.0 Å². The van der Waals surface area contributed by atoms with Crippen LogP contribution in [0.1, 0.15) is 60.2 Å². The molecule has 1 aromatic carbocycles. The molecule has 4 rings (SSSR count). The van der Waals surface area contributed by atoms with Gasteiger partial charge in [0, 0.05) is 31.1 Å². The lowest BCUT2D eigenvalue weighted by molar-refractivity contribution is -0.128. The van der Waals surface area contributed by atoms with Gasteiger partial charge in [-0.05, 0) is 49.1 Å². The van der Waals surface area contributed by atoms with E-state index in [1.807, 2.05) is 46.2 Å². The van der Waals surface area contributed by atoms with Crippen molar-refractivity contribution in [3.63, 3.8) is 0 Å². The second kappa shape index (κ2) is 7.99. The van der Waals surface area contributed by atoms with E-state index in [9.17, 15) is 9.59 Å². The van der Waals surface area contributed by atoms with Gasteiger partial charge in [-0.2, -0.15) is 0 Å². The normalized spacial score (nSPS) is 17.6. The number of hydrogen-bond donors (Lipinski definition) is 0. The first-order valence-electron chi connectivity index (χ1n) is 9.91. The lowest BCUT2D eigenvalue weighted by Crippen LogP contribution is -2.38. The molecule has 1 aliphatic heterocycles. The summed E-state index contributed by atoms with van der Waals surface area (Å²) in [7, 11) is 0. The molecule has 142 valence electrons. The molecule has 0 bridgehead atoms. The third-order valence-electron chi connectivity index (χ3n) is 5.65. The van der Waals surface area contributed by atoms with Crippen molar-refractivity contribution in [2.24, 2.45) is 0 Å². The SMILES string of the molecule is O=C1CCCN1Cc1cccc(C(=O)N(Cc2ccco2)C2CCCC2)c1. The van der Waals surface area contributed by atoms with Crippen molar-refractivity contribution in [3.8, 4) is 0 Å². The van der Waals surface area contributed by atoms with E-state index in [4.69, 9.17) is 4.42 Å². The van der Waals surface area contributed by atoms with Gasteiger partial charge < -0.3 is 14.2 Å². The van der Waals surface area contributed by atoms with Gasteiger partial charge in [-0.25, -0.2) is 0 Å². The molecule has 1 saturated carbocycles. The molecule has 0 spiro atoms. The Balaban J connectivity index is 1.53. The van der Waals surface area contributed by atoms with Crippen LogP contribution in [0.15, 0.2) is 47.1 Å². The Morgan fingerprint density at radius 1 is 1.15 bits per heavy atom. The molecule has 2 amide bonds. The van der Waals surface area contributed by atoms with E-state index in [2.05, 4.69) is 0 Å². The molecule has 2 fully saturated rings. The molecule has 2 aromatic rings. The highest BCUT2D eigenvalue weighted by molar-refractivity contribution is 5.94. The zero-order valence-electron chi connectivity index (χ0n) is 15.6. The molecular formula is C22H26N2O3. The van der Waals surface area contributed by atoms with Crippen LogP contribution in [0.5, 0.6) is 0 Å². The van der Waals surface area contributed by atoms with Crippen LogP contribution in [-0.2, 0) is 17.9 Å². The second-order valence-electron chi connectivity index (χ2n) is 7.57. The fraction of sp³-hybridized carbons (Fsp3) is 0.455. The summed E-state index contributed by atoms with van der Waals surface area (Å²) in [6.45, 7) is 1.90. The van der Waals surface area contributed by atoms with Crippen LogP contribution in [0, 0.1) is 0 Å². The number of nitrogens with zero attached hydrogens (tertiary/aromatic N) is 2. The van der Waals surface area contributed by atoms with Crippen molar-refractivity contribution >= 4 is 11.8 Å². The molecule has 5 heteroatoms. The fourth-order valence-electron chi connectivity index (χ4n) is 4.21. The Hall–Kier alpha value is -2.56. The largest absolute Gasteiger partial charge is 0.467 e. The van der Waals surface area contributed by atoms with E-state index in [1.54, 1.807) is 6.26 Å². The Labute approximate surface area is 159 Å². The number of likely N-dealkylation sites (tertiary alicyclic amines) is 1. The quantitative estimate of drug-likeness (QED) is 0.777. The van der Waals surface area contributed by atoms with Gasteiger partial charge in [0.25, 0.3) is 5.91 Å². The molecule has 1 aromatic heterocycles. The van der Waals surface area contributed by atoms with Gasteiger partial charge in [-0.15, -0.1) is 0 Å². The summed E-state index contributed by atoms with van der Waals surface area (Å²) >= 11 is 0. The standard InChI is InChI=1S/C22H26N2O3/c25-21-11-4-12-23(21)15-17-6-3-7-18(14-17)22(26)24(19-8-1-2-9-19)16-20-10-5-13-27-20/h3,5-7,10,13-14,19H,1-2,4,8-9,11-12,15-16H2. The van der Waals surface area contributed by atoms with Crippen LogP contribution >= 0.6 is 0 Å². The highest BCUT2D eigenvalue weighted by Gasteiger charge is 2.28. The van der Waals surface area contributed by atoms with Crippen LogP contribution in [0.2, 0.25) is 0 Å². The van der Waals surface area contributed by atoms with Crippen LogP contribution in [0.3, 0.4) is 0 Å². The van der Waals surface area contributed by atoms with Crippen LogP contribution in [-0.4, -0.2) is 34.2 Å². The number of furan rings is 1. The predicted molar refractivity (Wildman–Crippen MR) is 102 cm³/mol. The maximum absolute atomic E-state index is 13.3. The lowest BCUT2D eigenvalue weighted by Gasteiger charge is -2.28. The molecule has 1 saturated heterocycles. The monoisotopic (exact) mass is 366 g/mol. The summed E-state index contributed by atoms with van der Waals surface area (Å²) in [4.78, 5) is 29.1. The van der Waals surface area contributed by atoms with E-state index >= 15 is 0 Å². The molecule has 5 nitrogen and oxygen atoms in total. The third-order valence-corrected chi connectivity index (χ3v) is 5.65. The van der Waals surface area contributed by atoms with Crippen molar-refractivity contribution in [2.75, 3.05) is 6.54 Å². The van der Waals surface area contributed by atoms with Gasteiger partial charge in [0.1, 0.15) is 5.76 Å². The number of benzene rings is 1. The molecule has 27 heavy (non-hydrogen) atoms. The summed E-state index contributed by atoms with van der Waals surface area (Å²) < 4.78 is 5.50. The molecule has 1 aliphatic carbocycles. The van der Waals surface area contributed by atoms with Crippen molar-refractivity contribution in [1.82, 2.24) is 9.80 Å². The molecule has 2 heterocycles. The minimum Gasteiger partial charge on any atom is -0.467 e. The first kappa shape index (κ1) is 17.8. The predicted octanol–water partition coefficient (Wildman–Crippen LogP) is 3.99. The fourth-order valence-corrected chi connectivity index (χ4v) is 4.21. The van der Waals surface area contributed by atoms with Crippen molar-refractivity contribution in [1.29, 1.82) is 0 Å². The molecular weight excluding hydrogens is 340 g/mol. The minimum absolute atomic E-state index is 0.0490. The smallest absolute Gasteiger partial charge is 0.254 e. The van der Waals surface area contributed by atoms with E-state index < -0.39 is 0 Å². The minimum atomic E-state index is 0.0490. The lowest BCUT2D eigenvalue weighted by atomic mass is 10.1. The van der Waals surface area contributed by atoms with E-state index in [-0.39, 0.29) is 17.9 Å². The highest BCUT2D eigenvalue weighted by atomic mass is 16.3. The Kier molecular flexibility index (Phi) is 5.28. The number of carbonyl (C=O) groups is 2. The van der Waals surface area contributed by atoms with Crippen LogP contribution in [0.25, 0.3) is 0 Å². The van der Waals surface area contributed by atoms with Gasteiger partial charge in [0.05, 0.1) is 12.8 Å². The maximum atomic E-state index is 13.3. The summed E-state index contributed by atoms with van der Waals surface area (Å²) in [5, 5.41) is 0. The van der Waals surface area contributed by atoms with Gasteiger partial charge in [0.15, 0.2) is 0 Å². The van der Waals surface area contributed by atoms with Gasteiger partial charge in [0.2, 0.25) is 5.91 Å². The summed E-state index contributed by atoms with van der Waals surface area (Å²) in [5.41, 5.74) is 1.71. The summed E-state index contributed by atoms with van der Waals surface area (Å²) in [6, 6.07) is 11.8. The summed E-state index contributed by atoms with van der Waals surface area (Å²) in [6.07, 6.45) is 7.66. The zero-order chi connectivity index (χ0) is 18.6. The number of rotatable bonds is 6. The number of amides is 2. The Bertz CT molecular complexity index is 794. The number of carbonyl (C=O) groups excluding carboxylic acids is 2. The maximum Gasteiger partial charge on any atom is 0.254 e. The van der Waals surface area contributed by atoms with Gasteiger partial charge in [-0.3, -0.25) is 9.59 Å². The van der Waals surface area contributed by atoms with E-state index in [1.165, 1.54) is 12.8 Å². The Morgan fingerprint density at radius 2 is 2.00 bits per heavy atom. The summed E-state index contributed by atoms with van der Waals surface area (Å²) in [5.74, 6) is 1.07. The molecule has 0 radical (unpaired) electrons. The highest BCUT2D eigenvalue weighted by Crippen LogP contribution is 2.27. The zero-order valence-corrected chi connectivity index (χ0v) is 15.6. The number of hydrogen-bond acceptors (Lipinski definition) is 3. The van der Waals surface area contributed by atoms with Crippen molar-refractivity contribution < 1.29 is 14.0 Å². The first-order chi connectivity index (χ1) is 13.2. The van der Waals surface area contributed by atoms with E-state index in [0.717, 1.165) is 37.1 Å². The topological polar surface area (TPSA) is 53.8 Å². The third kappa shape index (κ3) is 4.07. The average Bonchev–Trinajstić information content (AvgIpc) is 3.44. The van der Waals surface area contributed by atoms with Crippen LogP contribution < -0.4 is 0 Å². The van der Waals surface area contributed by atoms with Gasteiger partial charge >= 0.3 is 0 Å². The first-order valence-corrected chi connectivity index (χ1v) is 9.91. The van der Waals surface area contributed by atoms with Crippen molar-refractivity contribution in [3.05, 3.63) is 59.5 Å². The molecule has 0 atom stereocenters. The molecule has 0 unspecified atom stereocenters. The van der Waals surface area contributed by atoms with Crippen molar-refractivity contribution in [2.45, 2.75) is 57.7 Å². The molecule has 2 aliphatic rings. The molecule has 0 N–H and O–H groups in total. The Morgan fingerprint density at radius 3 is 2.70 bits per heavy atom. The van der Waals surface area contributed by atoms with Crippen LogP contribution in [0.4, 0.5) is 0 Å².